The van der Waals surface area contributed by atoms with Crippen LogP contribution in [-0.4, -0.2) is 53.6 Å². The van der Waals surface area contributed by atoms with Crippen molar-refractivity contribution in [2.45, 2.75) is 25.4 Å². The number of carboxylic acid groups (broad SMARTS) is 1. The van der Waals surface area contributed by atoms with Crippen LogP contribution in [0.3, 0.4) is 0 Å². The standard InChI is InChI=1S/C17H17F3N2O4/c18-17(19,20)16(15(25)26)7-9-21(10-16)14(24)11-3-5-12(6-4-11)22-8-1-2-13(22)23/h3-6H,1-2,7-10H2,(H,25,26). The zero-order valence-corrected chi connectivity index (χ0v) is 13.8. The fourth-order valence-corrected chi connectivity index (χ4v) is 3.40. The van der Waals surface area contributed by atoms with Gasteiger partial charge in [0.15, 0.2) is 5.41 Å². The van der Waals surface area contributed by atoms with E-state index < -0.39 is 36.4 Å². The number of hydrogen-bond acceptors (Lipinski definition) is 3. The van der Waals surface area contributed by atoms with E-state index in [0.717, 1.165) is 11.3 Å². The maximum absolute atomic E-state index is 13.2. The van der Waals surface area contributed by atoms with Gasteiger partial charge < -0.3 is 14.9 Å². The number of likely N-dealkylation sites (tertiary alicyclic amines) is 1. The van der Waals surface area contributed by atoms with Crippen LogP contribution < -0.4 is 4.90 Å². The summed E-state index contributed by atoms with van der Waals surface area (Å²) in [4.78, 5) is 37.9. The molecular weight excluding hydrogens is 353 g/mol. The highest BCUT2D eigenvalue weighted by Gasteiger charge is 2.64. The Morgan fingerprint density at radius 3 is 2.23 bits per heavy atom. The topological polar surface area (TPSA) is 77.9 Å². The molecule has 0 aromatic heterocycles. The predicted molar refractivity (Wildman–Crippen MR) is 84.7 cm³/mol. The van der Waals surface area contributed by atoms with E-state index in [2.05, 4.69) is 0 Å². The average Bonchev–Trinajstić information content (AvgIpc) is 3.21. The molecule has 2 aliphatic rings. The number of carbonyl (C=O) groups is 3. The molecule has 1 atom stereocenters. The number of nitrogens with zero attached hydrogens (tertiary/aromatic N) is 2. The maximum atomic E-state index is 13.2. The molecule has 2 fully saturated rings. The molecule has 3 rings (SSSR count). The van der Waals surface area contributed by atoms with Crippen LogP contribution in [0.4, 0.5) is 18.9 Å². The summed E-state index contributed by atoms with van der Waals surface area (Å²) in [6.07, 6.45) is -4.39. The molecule has 2 saturated heterocycles. The van der Waals surface area contributed by atoms with Crippen molar-refractivity contribution in [1.82, 2.24) is 4.90 Å². The van der Waals surface area contributed by atoms with Crippen LogP contribution in [0, 0.1) is 5.41 Å². The Hall–Kier alpha value is -2.58. The zero-order valence-electron chi connectivity index (χ0n) is 13.8. The maximum Gasteiger partial charge on any atom is 0.406 e. The molecule has 26 heavy (non-hydrogen) atoms. The summed E-state index contributed by atoms with van der Waals surface area (Å²) in [5.41, 5.74) is -2.14. The van der Waals surface area contributed by atoms with Crippen LogP contribution in [0.1, 0.15) is 29.6 Å². The molecule has 0 bridgehead atoms. The van der Waals surface area contributed by atoms with E-state index in [4.69, 9.17) is 5.11 Å². The number of rotatable bonds is 3. The molecule has 2 heterocycles. The van der Waals surface area contributed by atoms with Crippen LogP contribution >= 0.6 is 0 Å². The molecule has 0 radical (unpaired) electrons. The second-order valence-corrected chi connectivity index (χ2v) is 6.56. The lowest BCUT2D eigenvalue weighted by atomic mass is 9.86. The molecule has 1 aromatic rings. The van der Waals surface area contributed by atoms with Crippen molar-refractivity contribution < 1.29 is 32.7 Å². The van der Waals surface area contributed by atoms with Crippen LogP contribution in [0.2, 0.25) is 0 Å². The highest BCUT2D eigenvalue weighted by atomic mass is 19.4. The van der Waals surface area contributed by atoms with E-state index in [0.29, 0.717) is 18.7 Å². The quantitative estimate of drug-likeness (QED) is 0.886. The van der Waals surface area contributed by atoms with Gasteiger partial charge in [-0.1, -0.05) is 0 Å². The van der Waals surface area contributed by atoms with Crippen molar-refractivity contribution in [3.63, 3.8) is 0 Å². The average molecular weight is 370 g/mol. The number of benzene rings is 1. The van der Waals surface area contributed by atoms with Crippen molar-refractivity contribution in [3.05, 3.63) is 29.8 Å². The molecule has 140 valence electrons. The van der Waals surface area contributed by atoms with Gasteiger partial charge in [0.05, 0.1) is 0 Å². The SMILES string of the molecule is O=C(c1ccc(N2CCCC2=O)cc1)N1CCC(C(=O)O)(C(F)(F)F)C1. The van der Waals surface area contributed by atoms with Gasteiger partial charge in [0.1, 0.15) is 0 Å². The monoisotopic (exact) mass is 370 g/mol. The largest absolute Gasteiger partial charge is 0.481 e. The summed E-state index contributed by atoms with van der Waals surface area (Å²) in [6.45, 7) is -0.598. The second-order valence-electron chi connectivity index (χ2n) is 6.56. The van der Waals surface area contributed by atoms with Crippen LogP contribution in [0.5, 0.6) is 0 Å². The highest BCUT2D eigenvalue weighted by molar-refractivity contribution is 5.98. The van der Waals surface area contributed by atoms with Gasteiger partial charge in [-0.05, 0) is 37.1 Å². The van der Waals surface area contributed by atoms with Crippen molar-refractivity contribution in [3.8, 4) is 0 Å². The summed E-state index contributed by atoms with van der Waals surface area (Å²) >= 11 is 0. The van der Waals surface area contributed by atoms with Gasteiger partial charge in [0.2, 0.25) is 5.91 Å². The van der Waals surface area contributed by atoms with Gasteiger partial charge in [-0.2, -0.15) is 13.2 Å². The number of alkyl halides is 3. The third-order valence-electron chi connectivity index (χ3n) is 5.01. The van der Waals surface area contributed by atoms with Gasteiger partial charge in [-0.25, -0.2) is 0 Å². The lowest BCUT2D eigenvalue weighted by Gasteiger charge is -2.27. The number of halogens is 3. The van der Waals surface area contributed by atoms with Gasteiger partial charge in [-0.3, -0.25) is 14.4 Å². The second kappa shape index (κ2) is 6.30. The summed E-state index contributed by atoms with van der Waals surface area (Å²) in [6, 6.07) is 6.02. The normalized spacial score (nSPS) is 23.6. The van der Waals surface area contributed by atoms with Crippen LogP contribution in [0.25, 0.3) is 0 Å². The minimum absolute atomic E-state index is 0.0139. The molecule has 1 unspecified atom stereocenters. The summed E-state index contributed by atoms with van der Waals surface area (Å²) in [5.74, 6) is -2.64. The third kappa shape index (κ3) is 2.91. The molecule has 2 amide bonds. The predicted octanol–water partition coefficient (Wildman–Crippen LogP) is 2.29. The van der Waals surface area contributed by atoms with Gasteiger partial charge in [-0.15, -0.1) is 0 Å². The zero-order chi connectivity index (χ0) is 19.1. The van der Waals surface area contributed by atoms with Crippen molar-refractivity contribution in [1.29, 1.82) is 0 Å². The molecule has 9 heteroatoms. The Morgan fingerprint density at radius 1 is 1.12 bits per heavy atom. The van der Waals surface area contributed by atoms with E-state index in [1.807, 2.05) is 0 Å². The summed E-state index contributed by atoms with van der Waals surface area (Å²) in [5, 5.41) is 9.06. The summed E-state index contributed by atoms with van der Waals surface area (Å²) in [7, 11) is 0. The molecule has 0 spiro atoms. The van der Waals surface area contributed by atoms with Crippen molar-refractivity contribution in [2.24, 2.45) is 5.41 Å². The van der Waals surface area contributed by atoms with Crippen LogP contribution in [-0.2, 0) is 9.59 Å². The molecule has 0 aliphatic carbocycles. The minimum atomic E-state index is -4.94. The van der Waals surface area contributed by atoms with Crippen molar-refractivity contribution >= 4 is 23.5 Å². The first-order chi connectivity index (χ1) is 12.2. The third-order valence-corrected chi connectivity index (χ3v) is 5.01. The number of amides is 2. The van der Waals surface area contributed by atoms with E-state index in [1.165, 1.54) is 12.1 Å². The molecule has 2 aliphatic heterocycles. The Bertz CT molecular complexity index is 747. The number of aliphatic carboxylic acids is 1. The molecule has 0 saturated carbocycles. The number of anilines is 1. The lowest BCUT2D eigenvalue weighted by Crippen LogP contribution is -2.47. The van der Waals surface area contributed by atoms with E-state index in [9.17, 15) is 27.6 Å². The molecule has 1 aromatic carbocycles. The summed E-state index contributed by atoms with van der Waals surface area (Å²) < 4.78 is 39.6. The smallest absolute Gasteiger partial charge is 0.406 e. The Morgan fingerprint density at radius 2 is 1.77 bits per heavy atom. The van der Waals surface area contributed by atoms with E-state index in [-0.39, 0.29) is 18.0 Å². The number of carboxylic acids is 1. The highest BCUT2D eigenvalue weighted by Crippen LogP contribution is 2.46. The first-order valence-corrected chi connectivity index (χ1v) is 8.15. The van der Waals surface area contributed by atoms with E-state index in [1.54, 1.807) is 17.0 Å². The molecular formula is C17H17F3N2O4. The fourth-order valence-electron chi connectivity index (χ4n) is 3.40. The molecule has 6 nitrogen and oxygen atoms in total. The number of hydrogen-bond donors (Lipinski definition) is 1. The van der Waals surface area contributed by atoms with Gasteiger partial charge in [0.25, 0.3) is 5.91 Å². The fraction of sp³-hybridized carbons (Fsp3) is 0.471. The van der Waals surface area contributed by atoms with Gasteiger partial charge >= 0.3 is 12.1 Å². The number of carbonyl (C=O) groups excluding carboxylic acids is 2. The Kier molecular flexibility index (Phi) is 4.41. The van der Waals surface area contributed by atoms with Gasteiger partial charge in [0, 0.05) is 37.3 Å². The minimum Gasteiger partial charge on any atom is -0.481 e. The van der Waals surface area contributed by atoms with Crippen LogP contribution in [0.15, 0.2) is 24.3 Å². The first-order valence-electron chi connectivity index (χ1n) is 8.15. The lowest BCUT2D eigenvalue weighted by molar-refractivity contribution is -0.227. The Labute approximate surface area is 147 Å². The van der Waals surface area contributed by atoms with E-state index >= 15 is 0 Å². The Balaban J connectivity index is 1.76. The first kappa shape index (κ1) is 18.2. The molecule has 1 N–H and O–H groups in total. The van der Waals surface area contributed by atoms with Crippen molar-refractivity contribution in [2.75, 3.05) is 24.5 Å².